The second kappa shape index (κ2) is 10.1. The molecule has 5 aromatic rings. The second-order valence-electron chi connectivity index (χ2n) is 13.5. The number of benzene rings is 4. The van der Waals surface area contributed by atoms with Crippen molar-refractivity contribution in [2.24, 2.45) is 0 Å². The Kier molecular flexibility index (Phi) is 5.97. The van der Waals surface area contributed by atoms with Crippen LogP contribution in [0.25, 0.3) is 33.9 Å². The summed E-state index contributed by atoms with van der Waals surface area (Å²) in [6, 6.07) is 38.1. The SMILES string of the molecule is CC1(C)C2=C(C=C(N(c3ccc(-c4ccccc4)cc3)C3Cc4oc5c(c4-c4ccccc43)C=CCC5)CC2)c2ccccc21. The Morgan fingerprint density at radius 2 is 1.44 bits per heavy atom. The molecule has 0 radical (unpaired) electrons. The maximum atomic E-state index is 6.70. The van der Waals surface area contributed by atoms with Crippen molar-refractivity contribution in [1.29, 1.82) is 0 Å². The molecule has 0 spiro atoms. The molecule has 1 aromatic heterocycles. The highest BCUT2D eigenvalue weighted by Crippen LogP contribution is 2.54. The summed E-state index contributed by atoms with van der Waals surface area (Å²) in [7, 11) is 0. The largest absolute Gasteiger partial charge is 0.465 e. The lowest BCUT2D eigenvalue weighted by Gasteiger charge is -2.40. The summed E-state index contributed by atoms with van der Waals surface area (Å²) >= 11 is 0. The zero-order valence-corrected chi connectivity index (χ0v) is 26.0. The summed E-state index contributed by atoms with van der Waals surface area (Å²) in [6.07, 6.45) is 12.1. The minimum atomic E-state index is 0.0587. The van der Waals surface area contributed by atoms with E-state index in [1.807, 2.05) is 0 Å². The summed E-state index contributed by atoms with van der Waals surface area (Å²) in [4.78, 5) is 2.64. The summed E-state index contributed by atoms with van der Waals surface area (Å²) in [5, 5.41) is 0. The van der Waals surface area contributed by atoms with Crippen LogP contribution in [0.15, 0.2) is 131 Å². The maximum Gasteiger partial charge on any atom is 0.115 e. The highest BCUT2D eigenvalue weighted by atomic mass is 16.3. The summed E-state index contributed by atoms with van der Waals surface area (Å²) in [5.41, 5.74) is 16.3. The molecule has 4 aromatic carbocycles. The smallest absolute Gasteiger partial charge is 0.115 e. The molecule has 2 heteroatoms. The molecule has 0 saturated carbocycles. The molecular formula is C43H37NO. The molecule has 45 heavy (non-hydrogen) atoms. The number of rotatable bonds is 4. The van der Waals surface area contributed by atoms with Crippen LogP contribution >= 0.6 is 0 Å². The van der Waals surface area contributed by atoms with Crippen molar-refractivity contribution in [2.45, 2.75) is 57.4 Å². The molecule has 0 bridgehead atoms. The van der Waals surface area contributed by atoms with Crippen LogP contribution in [0.5, 0.6) is 0 Å². The van der Waals surface area contributed by atoms with E-state index in [0.717, 1.165) is 43.6 Å². The van der Waals surface area contributed by atoms with E-state index in [9.17, 15) is 0 Å². The lowest BCUT2D eigenvalue weighted by Crippen LogP contribution is -2.32. The lowest BCUT2D eigenvalue weighted by atomic mass is 9.78. The molecule has 1 unspecified atom stereocenters. The van der Waals surface area contributed by atoms with Crippen LogP contribution in [0.1, 0.15) is 72.9 Å². The molecule has 0 fully saturated rings. The summed E-state index contributed by atoms with van der Waals surface area (Å²) in [6.45, 7) is 4.80. The molecule has 0 saturated heterocycles. The first kappa shape index (κ1) is 26.6. The van der Waals surface area contributed by atoms with Crippen molar-refractivity contribution >= 4 is 17.3 Å². The van der Waals surface area contributed by atoms with Crippen LogP contribution in [0, 0.1) is 0 Å². The van der Waals surface area contributed by atoms with E-state index >= 15 is 0 Å². The first-order chi connectivity index (χ1) is 22.1. The Morgan fingerprint density at radius 1 is 0.711 bits per heavy atom. The first-order valence-electron chi connectivity index (χ1n) is 16.5. The van der Waals surface area contributed by atoms with Gasteiger partial charge >= 0.3 is 0 Å². The third-order valence-electron chi connectivity index (χ3n) is 10.7. The Morgan fingerprint density at radius 3 is 2.29 bits per heavy atom. The zero-order valence-electron chi connectivity index (χ0n) is 26.0. The summed E-state index contributed by atoms with van der Waals surface area (Å²) in [5.74, 6) is 2.28. The molecule has 0 N–H and O–H groups in total. The van der Waals surface area contributed by atoms with Crippen molar-refractivity contribution in [3.05, 3.63) is 160 Å². The average molecular weight is 584 g/mol. The number of fused-ring (bicyclic) bond motifs is 7. The van der Waals surface area contributed by atoms with Gasteiger partial charge in [-0.05, 0) is 76.4 Å². The fourth-order valence-electron chi connectivity index (χ4n) is 8.50. The Hall–Kier alpha value is -4.82. The topological polar surface area (TPSA) is 16.4 Å². The Bertz CT molecular complexity index is 2050. The van der Waals surface area contributed by atoms with Crippen LogP contribution in [0.2, 0.25) is 0 Å². The standard InChI is InChI=1S/C43H37NO/c1-43(2)37-18-10-8-14-32(37)36-26-31(24-25-38(36)43)44(30-22-20-29(21-23-30)28-12-4-3-5-13-28)39-27-41-42(34-16-7-6-15-33(34)39)35-17-9-11-19-40(35)45-41/h3-10,12-18,20-23,26,39H,11,19,24-25,27H2,1-2H3. The molecule has 4 aliphatic carbocycles. The van der Waals surface area contributed by atoms with Crippen LogP contribution in [-0.2, 0) is 18.3 Å². The first-order valence-corrected chi connectivity index (χ1v) is 16.5. The average Bonchev–Trinajstić information content (AvgIpc) is 3.58. The molecule has 0 aliphatic heterocycles. The van der Waals surface area contributed by atoms with Gasteiger partial charge in [0, 0.05) is 40.8 Å². The van der Waals surface area contributed by atoms with Crippen molar-refractivity contribution in [1.82, 2.24) is 0 Å². The number of aryl methyl sites for hydroxylation is 1. The predicted molar refractivity (Wildman–Crippen MR) is 186 cm³/mol. The molecule has 1 heterocycles. The summed E-state index contributed by atoms with van der Waals surface area (Å²) < 4.78 is 6.70. The van der Waals surface area contributed by atoms with Crippen LogP contribution < -0.4 is 4.90 Å². The highest BCUT2D eigenvalue weighted by Gasteiger charge is 2.41. The Labute approximate surface area is 266 Å². The van der Waals surface area contributed by atoms with Crippen LogP contribution in [0.4, 0.5) is 5.69 Å². The van der Waals surface area contributed by atoms with Crippen LogP contribution in [-0.4, -0.2) is 0 Å². The fourth-order valence-corrected chi connectivity index (χ4v) is 8.50. The minimum absolute atomic E-state index is 0.0587. The van der Waals surface area contributed by atoms with E-state index in [2.05, 4.69) is 140 Å². The number of hydrogen-bond donors (Lipinski definition) is 0. The maximum absolute atomic E-state index is 6.70. The van der Waals surface area contributed by atoms with Gasteiger partial charge in [0.2, 0.25) is 0 Å². The zero-order chi connectivity index (χ0) is 30.1. The van der Waals surface area contributed by atoms with E-state index in [-0.39, 0.29) is 11.5 Å². The number of hydrogen-bond acceptors (Lipinski definition) is 2. The number of nitrogens with zero attached hydrogens (tertiary/aromatic N) is 1. The predicted octanol–water partition coefficient (Wildman–Crippen LogP) is 11.1. The quantitative estimate of drug-likeness (QED) is 0.209. The second-order valence-corrected chi connectivity index (χ2v) is 13.5. The van der Waals surface area contributed by atoms with Crippen LogP contribution in [0.3, 0.4) is 0 Å². The van der Waals surface area contributed by atoms with E-state index in [1.165, 1.54) is 61.5 Å². The normalized spacial score (nSPS) is 18.8. The molecule has 2 nitrogen and oxygen atoms in total. The monoisotopic (exact) mass is 583 g/mol. The fraction of sp³-hybridized carbons (Fsp3) is 0.209. The van der Waals surface area contributed by atoms with Gasteiger partial charge in [-0.15, -0.1) is 0 Å². The van der Waals surface area contributed by atoms with Gasteiger partial charge in [0.25, 0.3) is 0 Å². The number of anilines is 1. The van der Waals surface area contributed by atoms with Gasteiger partial charge < -0.3 is 9.32 Å². The molecular weight excluding hydrogens is 546 g/mol. The van der Waals surface area contributed by atoms with E-state index in [0.29, 0.717) is 0 Å². The third-order valence-corrected chi connectivity index (χ3v) is 10.7. The van der Waals surface area contributed by atoms with Crippen molar-refractivity contribution in [3.63, 3.8) is 0 Å². The van der Waals surface area contributed by atoms with Gasteiger partial charge in [-0.25, -0.2) is 0 Å². The lowest BCUT2D eigenvalue weighted by molar-refractivity contribution is 0.443. The van der Waals surface area contributed by atoms with Gasteiger partial charge in [-0.1, -0.05) is 123 Å². The molecule has 220 valence electrons. The Balaban J connectivity index is 1.21. The molecule has 1 atom stereocenters. The molecule has 4 aliphatic rings. The van der Waals surface area contributed by atoms with Crippen molar-refractivity contribution < 1.29 is 4.42 Å². The van der Waals surface area contributed by atoms with Gasteiger partial charge in [0.15, 0.2) is 0 Å². The highest BCUT2D eigenvalue weighted by molar-refractivity contribution is 5.89. The van der Waals surface area contributed by atoms with Gasteiger partial charge in [0.05, 0.1) is 6.04 Å². The molecule has 0 amide bonds. The number of furan rings is 1. The van der Waals surface area contributed by atoms with E-state index in [1.54, 1.807) is 5.57 Å². The van der Waals surface area contributed by atoms with E-state index < -0.39 is 0 Å². The minimum Gasteiger partial charge on any atom is -0.465 e. The third kappa shape index (κ3) is 4.08. The van der Waals surface area contributed by atoms with Gasteiger partial charge in [-0.3, -0.25) is 0 Å². The molecule has 9 rings (SSSR count). The van der Waals surface area contributed by atoms with E-state index in [4.69, 9.17) is 4.42 Å². The van der Waals surface area contributed by atoms with Gasteiger partial charge in [-0.2, -0.15) is 0 Å². The number of allylic oxidation sites excluding steroid dienone is 5. The van der Waals surface area contributed by atoms with Gasteiger partial charge in [0.1, 0.15) is 11.5 Å². The van der Waals surface area contributed by atoms with Crippen molar-refractivity contribution in [2.75, 3.05) is 4.90 Å². The van der Waals surface area contributed by atoms with Crippen molar-refractivity contribution in [3.8, 4) is 22.3 Å².